The van der Waals surface area contributed by atoms with Gasteiger partial charge < -0.3 is 9.88 Å². The quantitative estimate of drug-likeness (QED) is 0.746. The smallest absolute Gasteiger partial charge is 0.353 e. The summed E-state index contributed by atoms with van der Waals surface area (Å²) in [4.78, 5) is 0. The minimum absolute atomic E-state index is 0.0331. The molecule has 0 aliphatic carbocycles. The number of halogens is 3. The van der Waals surface area contributed by atoms with Crippen LogP contribution in [-0.2, 0) is 13.6 Å². The number of aromatic nitrogens is 1. The Hall–Kier alpha value is -0.970. The predicted molar refractivity (Wildman–Crippen MR) is 47.8 cm³/mol. The molecule has 0 aromatic carbocycles. The van der Waals surface area contributed by atoms with Crippen molar-refractivity contribution in [3.8, 4) is 0 Å². The Morgan fingerprint density at radius 2 is 2.14 bits per heavy atom. The highest BCUT2D eigenvalue weighted by atomic mass is 19.4. The lowest BCUT2D eigenvalue weighted by atomic mass is 10.4. The van der Waals surface area contributed by atoms with Crippen molar-refractivity contribution < 1.29 is 13.2 Å². The van der Waals surface area contributed by atoms with Crippen LogP contribution in [0.2, 0.25) is 0 Å². The fourth-order valence-electron chi connectivity index (χ4n) is 1.13. The van der Waals surface area contributed by atoms with E-state index < -0.39 is 12.6 Å². The SMILES string of the molecule is Cn1cccc1CNCCC(F)(F)F. The van der Waals surface area contributed by atoms with E-state index in [4.69, 9.17) is 0 Å². The second kappa shape index (κ2) is 4.50. The van der Waals surface area contributed by atoms with Crippen LogP contribution in [0.4, 0.5) is 13.2 Å². The lowest BCUT2D eigenvalue weighted by Gasteiger charge is -2.08. The molecule has 1 aromatic rings. The van der Waals surface area contributed by atoms with Crippen molar-refractivity contribution in [2.75, 3.05) is 6.54 Å². The van der Waals surface area contributed by atoms with Gasteiger partial charge >= 0.3 is 6.18 Å². The summed E-state index contributed by atoms with van der Waals surface area (Å²) in [7, 11) is 1.86. The van der Waals surface area contributed by atoms with Crippen LogP contribution in [0.3, 0.4) is 0 Å². The molecule has 0 aliphatic heterocycles. The van der Waals surface area contributed by atoms with Gasteiger partial charge in [-0.3, -0.25) is 0 Å². The molecule has 1 N–H and O–H groups in total. The number of aryl methyl sites for hydroxylation is 1. The highest BCUT2D eigenvalue weighted by Crippen LogP contribution is 2.18. The minimum atomic E-state index is -4.07. The third-order valence-corrected chi connectivity index (χ3v) is 1.94. The Morgan fingerprint density at radius 3 is 2.64 bits per heavy atom. The summed E-state index contributed by atoms with van der Waals surface area (Å²) in [5.41, 5.74) is 0.979. The van der Waals surface area contributed by atoms with Gasteiger partial charge in [0.15, 0.2) is 0 Å². The van der Waals surface area contributed by atoms with E-state index in [2.05, 4.69) is 5.32 Å². The van der Waals surface area contributed by atoms with Gasteiger partial charge in [0.2, 0.25) is 0 Å². The molecular formula is C9H13F3N2. The molecule has 0 aliphatic rings. The van der Waals surface area contributed by atoms with E-state index in [1.54, 1.807) is 0 Å². The number of nitrogens with zero attached hydrogens (tertiary/aromatic N) is 1. The second-order valence-corrected chi connectivity index (χ2v) is 3.15. The first-order valence-electron chi connectivity index (χ1n) is 4.37. The lowest BCUT2D eigenvalue weighted by molar-refractivity contribution is -0.133. The summed E-state index contributed by atoms with van der Waals surface area (Å²) in [6.45, 7) is 0.439. The average molecular weight is 206 g/mol. The van der Waals surface area contributed by atoms with Gasteiger partial charge in [-0.2, -0.15) is 13.2 Å². The lowest BCUT2D eigenvalue weighted by Crippen LogP contribution is -2.22. The van der Waals surface area contributed by atoms with Gasteiger partial charge in [-0.15, -0.1) is 0 Å². The van der Waals surface area contributed by atoms with Crippen molar-refractivity contribution in [3.05, 3.63) is 24.0 Å². The zero-order valence-electron chi connectivity index (χ0n) is 7.93. The van der Waals surface area contributed by atoms with Gasteiger partial charge in [0.25, 0.3) is 0 Å². The number of hydrogen-bond acceptors (Lipinski definition) is 1. The largest absolute Gasteiger partial charge is 0.390 e. The zero-order valence-corrected chi connectivity index (χ0v) is 7.93. The van der Waals surface area contributed by atoms with Gasteiger partial charge in [0.1, 0.15) is 0 Å². The van der Waals surface area contributed by atoms with E-state index in [0.29, 0.717) is 6.54 Å². The van der Waals surface area contributed by atoms with Gasteiger partial charge in [-0.1, -0.05) is 0 Å². The summed E-state index contributed by atoms with van der Waals surface area (Å²) >= 11 is 0. The fraction of sp³-hybridized carbons (Fsp3) is 0.556. The van der Waals surface area contributed by atoms with Crippen LogP contribution in [0.15, 0.2) is 18.3 Å². The molecule has 1 rings (SSSR count). The highest BCUT2D eigenvalue weighted by Gasteiger charge is 2.25. The molecule has 2 nitrogen and oxygen atoms in total. The van der Waals surface area contributed by atoms with E-state index >= 15 is 0 Å². The van der Waals surface area contributed by atoms with Crippen molar-refractivity contribution in [1.82, 2.24) is 9.88 Å². The molecule has 80 valence electrons. The van der Waals surface area contributed by atoms with Crippen molar-refractivity contribution in [3.63, 3.8) is 0 Å². The van der Waals surface area contributed by atoms with Gasteiger partial charge in [-0.05, 0) is 12.1 Å². The van der Waals surface area contributed by atoms with E-state index in [1.807, 2.05) is 29.9 Å². The highest BCUT2D eigenvalue weighted by molar-refractivity contribution is 5.05. The monoisotopic (exact) mass is 206 g/mol. The van der Waals surface area contributed by atoms with Crippen molar-refractivity contribution in [2.45, 2.75) is 19.1 Å². The molecular weight excluding hydrogens is 193 g/mol. The van der Waals surface area contributed by atoms with E-state index in [-0.39, 0.29) is 6.54 Å². The molecule has 0 unspecified atom stereocenters. The summed E-state index contributed by atoms with van der Waals surface area (Å²) in [5, 5.41) is 2.74. The second-order valence-electron chi connectivity index (χ2n) is 3.15. The van der Waals surface area contributed by atoms with Crippen LogP contribution in [0, 0.1) is 0 Å². The Labute approximate surface area is 80.7 Å². The molecule has 0 amide bonds. The van der Waals surface area contributed by atoms with Crippen LogP contribution in [0.1, 0.15) is 12.1 Å². The maximum absolute atomic E-state index is 11.8. The molecule has 0 bridgehead atoms. The molecule has 1 heterocycles. The molecule has 0 spiro atoms. The maximum atomic E-state index is 11.8. The Morgan fingerprint density at radius 1 is 1.43 bits per heavy atom. The van der Waals surface area contributed by atoms with E-state index in [0.717, 1.165) is 5.69 Å². The normalized spacial score (nSPS) is 12.0. The summed E-state index contributed by atoms with van der Waals surface area (Å²) in [5.74, 6) is 0. The Kier molecular flexibility index (Phi) is 3.57. The molecule has 0 saturated carbocycles. The van der Waals surface area contributed by atoms with Crippen molar-refractivity contribution in [1.29, 1.82) is 0 Å². The molecule has 1 aromatic heterocycles. The molecule has 0 atom stereocenters. The molecule has 0 fully saturated rings. The number of rotatable bonds is 4. The van der Waals surface area contributed by atoms with Gasteiger partial charge in [-0.25, -0.2) is 0 Å². The van der Waals surface area contributed by atoms with Gasteiger partial charge in [0.05, 0.1) is 6.42 Å². The number of alkyl halides is 3. The van der Waals surface area contributed by atoms with Crippen LogP contribution >= 0.6 is 0 Å². The summed E-state index contributed by atoms with van der Waals surface area (Å²) in [6, 6.07) is 3.74. The first kappa shape index (κ1) is 11.1. The summed E-state index contributed by atoms with van der Waals surface area (Å²) in [6.07, 6.45) is -2.99. The number of nitrogens with one attached hydrogen (secondary N) is 1. The van der Waals surface area contributed by atoms with E-state index in [9.17, 15) is 13.2 Å². The number of hydrogen-bond donors (Lipinski definition) is 1. The first-order valence-corrected chi connectivity index (χ1v) is 4.37. The Bertz CT molecular complexity index is 278. The van der Waals surface area contributed by atoms with Gasteiger partial charge in [0, 0.05) is 32.0 Å². The summed E-state index contributed by atoms with van der Waals surface area (Å²) < 4.78 is 37.1. The first-order chi connectivity index (χ1) is 6.49. The maximum Gasteiger partial charge on any atom is 0.390 e. The third-order valence-electron chi connectivity index (χ3n) is 1.94. The topological polar surface area (TPSA) is 17.0 Å². The van der Waals surface area contributed by atoms with Crippen LogP contribution in [0.25, 0.3) is 0 Å². The zero-order chi connectivity index (χ0) is 10.6. The van der Waals surface area contributed by atoms with Crippen LogP contribution < -0.4 is 5.32 Å². The fourth-order valence-corrected chi connectivity index (χ4v) is 1.13. The molecule has 5 heteroatoms. The van der Waals surface area contributed by atoms with Crippen molar-refractivity contribution >= 4 is 0 Å². The third kappa shape index (κ3) is 3.83. The molecule has 14 heavy (non-hydrogen) atoms. The van der Waals surface area contributed by atoms with Crippen molar-refractivity contribution in [2.24, 2.45) is 7.05 Å². The predicted octanol–water partition coefficient (Wildman–Crippen LogP) is 2.07. The molecule has 0 radical (unpaired) electrons. The molecule has 0 saturated heterocycles. The minimum Gasteiger partial charge on any atom is -0.353 e. The Balaban J connectivity index is 2.20. The average Bonchev–Trinajstić information content (AvgIpc) is 2.44. The standard InChI is InChI=1S/C9H13F3N2/c1-14-6-2-3-8(14)7-13-5-4-9(10,11)12/h2-3,6,13H,4-5,7H2,1H3. The van der Waals surface area contributed by atoms with Crippen LogP contribution in [0.5, 0.6) is 0 Å². The van der Waals surface area contributed by atoms with E-state index in [1.165, 1.54) is 0 Å². The van der Waals surface area contributed by atoms with Crippen LogP contribution in [-0.4, -0.2) is 17.3 Å².